The minimum atomic E-state index is -4.26. The van der Waals surface area contributed by atoms with Crippen LogP contribution >= 0.6 is 0 Å². The number of rotatable bonds is 3. The summed E-state index contributed by atoms with van der Waals surface area (Å²) in [5, 5.41) is 0. The number of imidazole rings is 1. The van der Waals surface area contributed by atoms with Gasteiger partial charge in [-0.1, -0.05) is 12.1 Å². The van der Waals surface area contributed by atoms with E-state index in [1.165, 1.54) is 9.13 Å². The monoisotopic (exact) mass is 258 g/mol. The van der Waals surface area contributed by atoms with Crippen molar-refractivity contribution in [1.82, 2.24) is 9.13 Å². The summed E-state index contributed by atoms with van der Waals surface area (Å²) in [4.78, 5) is 12.0. The predicted octanol–water partition coefficient (Wildman–Crippen LogP) is 2.78. The highest BCUT2D eigenvalue weighted by Gasteiger charge is 2.27. The van der Waals surface area contributed by atoms with Crippen LogP contribution in [0.2, 0.25) is 0 Å². The largest absolute Gasteiger partial charge is 0.390 e. The molecule has 1 aromatic heterocycles. The summed E-state index contributed by atoms with van der Waals surface area (Å²) >= 11 is 0. The molecule has 0 saturated heterocycles. The summed E-state index contributed by atoms with van der Waals surface area (Å²) in [6.45, 7) is 1.90. The lowest BCUT2D eigenvalue weighted by molar-refractivity contribution is -0.136. The Hall–Kier alpha value is -1.72. The molecule has 0 bridgehead atoms. The van der Waals surface area contributed by atoms with Gasteiger partial charge in [-0.3, -0.25) is 9.13 Å². The van der Waals surface area contributed by atoms with E-state index in [9.17, 15) is 18.0 Å². The predicted molar refractivity (Wildman–Crippen MR) is 62.5 cm³/mol. The average Bonchev–Trinajstić information content (AvgIpc) is 2.57. The van der Waals surface area contributed by atoms with Gasteiger partial charge in [0.2, 0.25) is 0 Å². The van der Waals surface area contributed by atoms with Crippen molar-refractivity contribution in [2.75, 3.05) is 0 Å². The fourth-order valence-electron chi connectivity index (χ4n) is 2.03. The molecule has 1 aromatic carbocycles. The molecule has 0 radical (unpaired) electrons. The first kappa shape index (κ1) is 12.7. The zero-order valence-corrected chi connectivity index (χ0v) is 9.87. The summed E-state index contributed by atoms with van der Waals surface area (Å²) in [7, 11) is 0. The van der Waals surface area contributed by atoms with Crippen LogP contribution in [0.3, 0.4) is 0 Å². The van der Waals surface area contributed by atoms with E-state index < -0.39 is 12.6 Å². The first-order chi connectivity index (χ1) is 8.44. The van der Waals surface area contributed by atoms with Gasteiger partial charge in [-0.15, -0.1) is 0 Å². The fraction of sp³-hybridized carbons (Fsp3) is 0.417. The molecule has 2 rings (SSSR count). The lowest BCUT2D eigenvalue weighted by Crippen LogP contribution is -2.25. The average molecular weight is 258 g/mol. The Labute approximate surface area is 101 Å². The maximum atomic E-state index is 12.2. The van der Waals surface area contributed by atoms with Crippen molar-refractivity contribution in [2.45, 2.75) is 32.6 Å². The smallest absolute Gasteiger partial charge is 0.292 e. The van der Waals surface area contributed by atoms with Crippen LogP contribution in [0.5, 0.6) is 0 Å². The van der Waals surface area contributed by atoms with Crippen LogP contribution in [0.15, 0.2) is 29.1 Å². The third kappa shape index (κ3) is 2.27. The van der Waals surface area contributed by atoms with E-state index in [4.69, 9.17) is 0 Å². The van der Waals surface area contributed by atoms with Crippen LogP contribution in [0.4, 0.5) is 13.2 Å². The summed E-state index contributed by atoms with van der Waals surface area (Å²) in [5.74, 6) is 0. The number of aryl methyl sites for hydroxylation is 2. The molecule has 6 heteroatoms. The molecule has 1 heterocycles. The van der Waals surface area contributed by atoms with Crippen molar-refractivity contribution in [3.8, 4) is 0 Å². The van der Waals surface area contributed by atoms with Crippen LogP contribution in [0, 0.1) is 0 Å². The van der Waals surface area contributed by atoms with E-state index in [-0.39, 0.29) is 12.2 Å². The Kier molecular flexibility index (Phi) is 3.19. The van der Waals surface area contributed by atoms with Gasteiger partial charge in [0, 0.05) is 13.1 Å². The summed E-state index contributed by atoms with van der Waals surface area (Å²) in [6, 6.07) is 6.89. The van der Waals surface area contributed by atoms with E-state index in [1.807, 2.05) is 0 Å². The molecule has 0 aliphatic carbocycles. The van der Waals surface area contributed by atoms with Gasteiger partial charge in [-0.2, -0.15) is 13.2 Å². The van der Waals surface area contributed by atoms with Crippen LogP contribution in [0.1, 0.15) is 13.3 Å². The Bertz CT molecular complexity index is 610. The van der Waals surface area contributed by atoms with E-state index >= 15 is 0 Å². The van der Waals surface area contributed by atoms with Gasteiger partial charge in [0.05, 0.1) is 17.5 Å². The third-order valence-corrected chi connectivity index (χ3v) is 2.86. The minimum absolute atomic E-state index is 0.337. The van der Waals surface area contributed by atoms with Gasteiger partial charge in [0.25, 0.3) is 0 Å². The quantitative estimate of drug-likeness (QED) is 0.831. The van der Waals surface area contributed by atoms with Gasteiger partial charge in [-0.05, 0) is 19.1 Å². The lowest BCUT2D eigenvalue weighted by atomic mass is 10.3. The second-order valence-electron chi connectivity index (χ2n) is 4.03. The molecule has 0 aliphatic heterocycles. The number of aromatic nitrogens is 2. The Morgan fingerprint density at radius 3 is 2.17 bits per heavy atom. The van der Waals surface area contributed by atoms with E-state index in [0.29, 0.717) is 17.6 Å². The second-order valence-corrected chi connectivity index (χ2v) is 4.03. The van der Waals surface area contributed by atoms with Gasteiger partial charge >= 0.3 is 11.9 Å². The Morgan fingerprint density at radius 1 is 1.11 bits per heavy atom. The lowest BCUT2D eigenvalue weighted by Gasteiger charge is -2.06. The molecular weight excluding hydrogens is 245 g/mol. The van der Waals surface area contributed by atoms with E-state index in [1.54, 1.807) is 31.2 Å². The number of fused-ring (bicyclic) bond motifs is 1. The topological polar surface area (TPSA) is 26.9 Å². The molecule has 3 nitrogen and oxygen atoms in total. The minimum Gasteiger partial charge on any atom is -0.292 e. The van der Waals surface area contributed by atoms with Crippen molar-refractivity contribution >= 4 is 11.0 Å². The normalized spacial score (nSPS) is 12.2. The zero-order valence-electron chi connectivity index (χ0n) is 9.87. The van der Waals surface area contributed by atoms with Crippen molar-refractivity contribution in [3.05, 3.63) is 34.7 Å². The molecule has 0 spiro atoms. The Morgan fingerprint density at radius 2 is 1.67 bits per heavy atom. The molecule has 0 unspecified atom stereocenters. The standard InChI is InChI=1S/C12H13F3N2O/c1-2-16-9-5-3-4-6-10(9)17(11(16)18)8-7-12(13,14)15/h3-6H,2,7-8H2,1H3. The molecule has 0 saturated carbocycles. The van der Waals surface area contributed by atoms with Crippen molar-refractivity contribution in [3.63, 3.8) is 0 Å². The van der Waals surface area contributed by atoms with E-state index in [0.717, 1.165) is 0 Å². The van der Waals surface area contributed by atoms with Gasteiger partial charge < -0.3 is 0 Å². The highest BCUT2D eigenvalue weighted by molar-refractivity contribution is 5.75. The number of hydrogen-bond donors (Lipinski definition) is 0. The van der Waals surface area contributed by atoms with Crippen molar-refractivity contribution < 1.29 is 13.2 Å². The van der Waals surface area contributed by atoms with Gasteiger partial charge in [0.1, 0.15) is 0 Å². The van der Waals surface area contributed by atoms with Crippen LogP contribution in [-0.2, 0) is 13.1 Å². The molecule has 18 heavy (non-hydrogen) atoms. The molecule has 0 amide bonds. The molecule has 98 valence electrons. The summed E-state index contributed by atoms with van der Waals surface area (Å²) in [6.07, 6.45) is -5.25. The highest BCUT2D eigenvalue weighted by atomic mass is 19.4. The summed E-state index contributed by atoms with van der Waals surface area (Å²) < 4.78 is 39.4. The molecule has 0 N–H and O–H groups in total. The summed E-state index contributed by atoms with van der Waals surface area (Å²) in [5.41, 5.74) is 0.837. The first-order valence-corrected chi connectivity index (χ1v) is 5.69. The number of halogens is 3. The number of para-hydroxylation sites is 2. The van der Waals surface area contributed by atoms with Crippen molar-refractivity contribution in [2.24, 2.45) is 0 Å². The number of alkyl halides is 3. The number of hydrogen-bond acceptors (Lipinski definition) is 1. The van der Waals surface area contributed by atoms with Crippen LogP contribution < -0.4 is 5.69 Å². The maximum absolute atomic E-state index is 12.2. The highest BCUT2D eigenvalue weighted by Crippen LogP contribution is 2.21. The maximum Gasteiger partial charge on any atom is 0.390 e. The molecule has 0 atom stereocenters. The second kappa shape index (κ2) is 4.51. The fourth-order valence-corrected chi connectivity index (χ4v) is 2.03. The Balaban J connectivity index is 2.50. The van der Waals surface area contributed by atoms with Gasteiger partial charge in [-0.25, -0.2) is 4.79 Å². The van der Waals surface area contributed by atoms with E-state index in [2.05, 4.69) is 0 Å². The molecule has 0 fully saturated rings. The van der Waals surface area contributed by atoms with Gasteiger partial charge in [0.15, 0.2) is 0 Å². The molecular formula is C12H13F3N2O. The number of nitrogens with zero attached hydrogens (tertiary/aromatic N) is 2. The zero-order chi connectivity index (χ0) is 13.3. The third-order valence-electron chi connectivity index (χ3n) is 2.86. The molecule has 0 aliphatic rings. The van der Waals surface area contributed by atoms with Crippen LogP contribution in [0.25, 0.3) is 11.0 Å². The van der Waals surface area contributed by atoms with Crippen LogP contribution in [-0.4, -0.2) is 15.3 Å². The van der Waals surface area contributed by atoms with Crippen molar-refractivity contribution in [1.29, 1.82) is 0 Å². The number of benzene rings is 1. The first-order valence-electron chi connectivity index (χ1n) is 5.69. The molecule has 2 aromatic rings. The SMILES string of the molecule is CCn1c(=O)n(CCC(F)(F)F)c2ccccc21.